The van der Waals surface area contributed by atoms with Crippen LogP contribution in [0.15, 0.2) is 53.3 Å². The maximum Gasteiger partial charge on any atom is 0.255 e. The predicted octanol–water partition coefficient (Wildman–Crippen LogP) is 3.92. The van der Waals surface area contributed by atoms with Crippen molar-refractivity contribution in [3.05, 3.63) is 75.8 Å². The number of phenolic OH excluding ortho intramolecular Hbond substituents is 1. The van der Waals surface area contributed by atoms with Crippen LogP contribution in [0.25, 0.3) is 0 Å². The summed E-state index contributed by atoms with van der Waals surface area (Å²) in [5.41, 5.74) is 1.79. The Kier molecular flexibility index (Phi) is 5.92. The summed E-state index contributed by atoms with van der Waals surface area (Å²) in [5.74, 6) is 0.169. The zero-order chi connectivity index (χ0) is 23.0. The number of methoxy groups -OCH3 is 1. The Morgan fingerprint density at radius 2 is 2.00 bits per heavy atom. The van der Waals surface area contributed by atoms with Gasteiger partial charge in [0.25, 0.3) is 5.56 Å². The molecule has 3 atom stereocenters. The SMILES string of the molecule is COc1cc(=O)n(C)c(Nc2ccc(C)cc2F)c1NS(=O)C1CC1c1cccc(O)c1. The van der Waals surface area contributed by atoms with Gasteiger partial charge in [-0.05, 0) is 48.7 Å². The molecule has 0 aliphatic heterocycles. The van der Waals surface area contributed by atoms with Crippen molar-refractivity contribution >= 4 is 28.2 Å². The molecule has 0 radical (unpaired) electrons. The van der Waals surface area contributed by atoms with E-state index in [1.807, 2.05) is 6.07 Å². The third-order valence-electron chi connectivity index (χ3n) is 5.51. The maximum atomic E-state index is 14.5. The van der Waals surface area contributed by atoms with E-state index in [2.05, 4.69) is 10.0 Å². The molecule has 0 amide bonds. The van der Waals surface area contributed by atoms with Gasteiger partial charge in [0, 0.05) is 19.0 Å². The monoisotopic (exact) mass is 457 g/mol. The number of anilines is 3. The molecule has 0 spiro atoms. The number of halogens is 1. The minimum atomic E-state index is -1.51. The molecule has 3 N–H and O–H groups in total. The lowest BCUT2D eigenvalue weighted by molar-refractivity contribution is 0.415. The number of aryl methyl sites for hydroxylation is 1. The third-order valence-corrected chi connectivity index (χ3v) is 6.99. The molecule has 1 saturated carbocycles. The second-order valence-electron chi connectivity index (χ2n) is 7.82. The molecule has 9 heteroatoms. The third kappa shape index (κ3) is 4.34. The zero-order valence-electron chi connectivity index (χ0n) is 17.9. The van der Waals surface area contributed by atoms with Crippen LogP contribution >= 0.6 is 0 Å². The van der Waals surface area contributed by atoms with Gasteiger partial charge < -0.3 is 15.2 Å². The van der Waals surface area contributed by atoms with Crippen molar-refractivity contribution < 1.29 is 18.4 Å². The summed E-state index contributed by atoms with van der Waals surface area (Å²) in [6.45, 7) is 1.78. The highest BCUT2D eigenvalue weighted by atomic mass is 32.2. The summed E-state index contributed by atoms with van der Waals surface area (Å²) in [4.78, 5) is 12.4. The number of ether oxygens (including phenoxy) is 1. The average Bonchev–Trinajstić information content (AvgIpc) is 3.55. The Balaban J connectivity index is 1.65. The van der Waals surface area contributed by atoms with Gasteiger partial charge in [-0.15, -0.1) is 0 Å². The van der Waals surface area contributed by atoms with Crippen molar-refractivity contribution in [3.63, 3.8) is 0 Å². The quantitative estimate of drug-likeness (QED) is 0.500. The summed E-state index contributed by atoms with van der Waals surface area (Å²) in [7, 11) is 1.43. The number of aromatic hydroxyl groups is 1. The number of aromatic nitrogens is 1. The molecule has 32 heavy (non-hydrogen) atoms. The summed E-state index contributed by atoms with van der Waals surface area (Å²) in [6, 6.07) is 12.9. The molecule has 0 bridgehead atoms. The van der Waals surface area contributed by atoms with Gasteiger partial charge in [0.1, 0.15) is 34.1 Å². The molecule has 2 aromatic carbocycles. The van der Waals surface area contributed by atoms with E-state index in [4.69, 9.17) is 4.74 Å². The van der Waals surface area contributed by atoms with Crippen molar-refractivity contribution in [3.8, 4) is 11.5 Å². The fraction of sp³-hybridized carbons (Fsp3) is 0.261. The molecule has 1 heterocycles. The van der Waals surface area contributed by atoms with Crippen molar-refractivity contribution in [2.45, 2.75) is 24.5 Å². The number of benzene rings is 2. The summed E-state index contributed by atoms with van der Waals surface area (Å²) in [5, 5.41) is 12.5. The van der Waals surface area contributed by atoms with E-state index >= 15 is 0 Å². The highest BCUT2D eigenvalue weighted by Gasteiger charge is 2.44. The van der Waals surface area contributed by atoms with Crippen LogP contribution in [0.1, 0.15) is 23.5 Å². The van der Waals surface area contributed by atoms with Gasteiger partial charge in [0.05, 0.1) is 18.0 Å². The Morgan fingerprint density at radius 3 is 2.69 bits per heavy atom. The Morgan fingerprint density at radius 1 is 1.22 bits per heavy atom. The number of nitrogens with zero attached hydrogens (tertiary/aromatic N) is 1. The summed E-state index contributed by atoms with van der Waals surface area (Å²) < 4.78 is 37.2. The van der Waals surface area contributed by atoms with Crippen molar-refractivity contribution in [1.29, 1.82) is 0 Å². The van der Waals surface area contributed by atoms with Crippen molar-refractivity contribution in [2.75, 3.05) is 17.1 Å². The molecular weight excluding hydrogens is 433 g/mol. The van der Waals surface area contributed by atoms with Crippen LogP contribution in [0.4, 0.5) is 21.6 Å². The second-order valence-corrected chi connectivity index (χ2v) is 9.22. The first-order valence-electron chi connectivity index (χ1n) is 10.1. The fourth-order valence-electron chi connectivity index (χ4n) is 3.62. The van der Waals surface area contributed by atoms with Crippen LogP contribution in [0, 0.1) is 12.7 Å². The second kappa shape index (κ2) is 8.66. The molecule has 7 nitrogen and oxygen atoms in total. The number of pyridine rings is 1. The molecule has 3 aromatic rings. The minimum Gasteiger partial charge on any atom is -0.508 e. The van der Waals surface area contributed by atoms with Crippen LogP contribution in [0.2, 0.25) is 0 Å². The topological polar surface area (TPSA) is 92.6 Å². The molecule has 4 rings (SSSR count). The minimum absolute atomic E-state index is 0.0416. The van der Waals surface area contributed by atoms with Crippen LogP contribution in [0.5, 0.6) is 11.5 Å². The van der Waals surface area contributed by atoms with E-state index in [0.717, 1.165) is 11.1 Å². The molecule has 168 valence electrons. The highest BCUT2D eigenvalue weighted by Crippen LogP contribution is 2.46. The molecule has 3 unspecified atom stereocenters. The van der Waals surface area contributed by atoms with Crippen LogP contribution in [-0.2, 0) is 18.0 Å². The van der Waals surface area contributed by atoms with Crippen molar-refractivity contribution in [2.24, 2.45) is 7.05 Å². The van der Waals surface area contributed by atoms with Crippen LogP contribution in [-0.4, -0.2) is 26.2 Å². The number of nitrogens with one attached hydrogen (secondary N) is 2. The lowest BCUT2D eigenvalue weighted by atomic mass is 10.1. The first kappa shape index (κ1) is 21.9. The maximum absolute atomic E-state index is 14.5. The van der Waals surface area contributed by atoms with Crippen LogP contribution < -0.4 is 20.3 Å². The van der Waals surface area contributed by atoms with E-state index in [0.29, 0.717) is 12.1 Å². The Hall–Kier alpha value is -3.33. The van der Waals surface area contributed by atoms with Gasteiger partial charge in [-0.3, -0.25) is 14.1 Å². The first-order valence-corrected chi connectivity index (χ1v) is 11.3. The number of hydrogen-bond acceptors (Lipinski definition) is 5. The Bertz CT molecular complexity index is 1260. The van der Waals surface area contributed by atoms with Gasteiger partial charge in [-0.1, -0.05) is 18.2 Å². The van der Waals surface area contributed by atoms with E-state index in [1.165, 1.54) is 30.9 Å². The van der Waals surface area contributed by atoms with E-state index in [1.54, 1.807) is 37.3 Å². The summed E-state index contributed by atoms with van der Waals surface area (Å²) >= 11 is 0. The van der Waals surface area contributed by atoms with Crippen LogP contribution in [0.3, 0.4) is 0 Å². The average molecular weight is 458 g/mol. The fourth-order valence-corrected chi connectivity index (χ4v) is 5.01. The summed E-state index contributed by atoms with van der Waals surface area (Å²) in [6.07, 6.45) is 0.687. The number of phenols is 1. The number of rotatable bonds is 7. The largest absolute Gasteiger partial charge is 0.508 e. The van der Waals surface area contributed by atoms with E-state index in [9.17, 15) is 18.5 Å². The van der Waals surface area contributed by atoms with Crippen molar-refractivity contribution in [1.82, 2.24) is 4.57 Å². The molecular formula is C23H24FN3O4S. The molecule has 1 aromatic heterocycles. The molecule has 1 aliphatic carbocycles. The first-order chi connectivity index (χ1) is 15.3. The predicted molar refractivity (Wildman–Crippen MR) is 124 cm³/mol. The van der Waals surface area contributed by atoms with Gasteiger partial charge in [-0.25, -0.2) is 8.60 Å². The zero-order valence-corrected chi connectivity index (χ0v) is 18.7. The molecule has 0 saturated heterocycles. The van der Waals surface area contributed by atoms with Gasteiger partial charge in [0.2, 0.25) is 0 Å². The standard InChI is InChI=1S/C23H24FN3O4S/c1-13-7-8-18(17(24)9-13)25-23-22(19(31-3)12-21(29)27(23)2)26-32(30)20-11-16(20)14-5-4-6-15(28)10-14/h4-10,12,16,20,25-26,28H,11H2,1-3H3. The molecule has 1 fully saturated rings. The molecule has 1 aliphatic rings. The highest BCUT2D eigenvalue weighted by molar-refractivity contribution is 7.87. The van der Waals surface area contributed by atoms with E-state index in [-0.39, 0.29) is 39.7 Å². The smallest absolute Gasteiger partial charge is 0.255 e. The number of hydrogen-bond donors (Lipinski definition) is 3. The Labute approximate surface area is 187 Å². The normalized spacial score (nSPS) is 18.1. The lowest BCUT2D eigenvalue weighted by Gasteiger charge is -2.19. The van der Waals surface area contributed by atoms with E-state index < -0.39 is 16.8 Å². The van der Waals surface area contributed by atoms with Gasteiger partial charge >= 0.3 is 0 Å². The van der Waals surface area contributed by atoms with Gasteiger partial charge in [-0.2, -0.15) is 0 Å². The lowest BCUT2D eigenvalue weighted by Crippen LogP contribution is -2.22. The van der Waals surface area contributed by atoms with Gasteiger partial charge in [0.15, 0.2) is 5.75 Å².